The van der Waals surface area contributed by atoms with Gasteiger partial charge in [0.15, 0.2) is 0 Å². The van der Waals surface area contributed by atoms with Crippen molar-refractivity contribution in [2.45, 2.75) is 0 Å². The van der Waals surface area contributed by atoms with E-state index in [-0.39, 0.29) is 29.5 Å². The first-order chi connectivity index (χ1) is 11.5. The molecule has 124 valence electrons. The molecule has 8 heteroatoms. The molecule has 0 N–H and O–H groups in total. The Hall–Kier alpha value is -2.93. The second-order valence-corrected chi connectivity index (χ2v) is 4.97. The Bertz CT molecular complexity index is 762. The first kappa shape index (κ1) is 17.4. The van der Waals surface area contributed by atoms with E-state index in [1.54, 1.807) is 30.3 Å². The normalized spacial score (nSPS) is 10.0. The van der Waals surface area contributed by atoms with Crippen molar-refractivity contribution in [3.05, 3.63) is 74.8 Å². The standard InChI is InChI=1S/C16H12ClNO6/c17-13-7-6-12(10-14(13)18(21)22)16(20)24-9-8-23-15(19)11-4-2-1-3-5-11/h1-7,10H,8-9H2. The van der Waals surface area contributed by atoms with Crippen LogP contribution in [0.15, 0.2) is 48.5 Å². The maximum atomic E-state index is 11.8. The summed E-state index contributed by atoms with van der Waals surface area (Å²) in [5.41, 5.74) is -0.0146. The highest BCUT2D eigenvalue weighted by atomic mass is 35.5. The van der Waals surface area contributed by atoms with Crippen LogP contribution in [0.1, 0.15) is 20.7 Å². The quantitative estimate of drug-likeness (QED) is 0.344. The molecule has 0 aromatic heterocycles. The molecular weight excluding hydrogens is 338 g/mol. The number of carbonyl (C=O) groups is 2. The monoisotopic (exact) mass is 349 g/mol. The Labute approximate surface area is 141 Å². The summed E-state index contributed by atoms with van der Waals surface area (Å²) in [6.07, 6.45) is 0. The van der Waals surface area contributed by atoms with Gasteiger partial charge in [-0.1, -0.05) is 29.8 Å². The summed E-state index contributed by atoms with van der Waals surface area (Å²) < 4.78 is 9.86. The fraction of sp³-hybridized carbons (Fsp3) is 0.125. The molecular formula is C16H12ClNO6. The SMILES string of the molecule is O=C(OCCOC(=O)c1ccc(Cl)c([N+](=O)[O-])c1)c1ccccc1. The van der Waals surface area contributed by atoms with Crippen molar-refractivity contribution in [3.8, 4) is 0 Å². The molecule has 2 aromatic carbocycles. The van der Waals surface area contributed by atoms with Crippen LogP contribution in [0.25, 0.3) is 0 Å². The highest BCUT2D eigenvalue weighted by Gasteiger charge is 2.17. The molecule has 0 saturated carbocycles. The summed E-state index contributed by atoms with van der Waals surface area (Å²) in [6.45, 7) is -0.303. The van der Waals surface area contributed by atoms with Crippen LogP contribution < -0.4 is 0 Å². The van der Waals surface area contributed by atoms with Gasteiger partial charge in [-0.15, -0.1) is 0 Å². The highest BCUT2D eigenvalue weighted by molar-refractivity contribution is 6.32. The number of nitro groups is 1. The molecule has 2 aromatic rings. The largest absolute Gasteiger partial charge is 0.458 e. The minimum Gasteiger partial charge on any atom is -0.458 e. The average Bonchev–Trinajstić information content (AvgIpc) is 2.59. The summed E-state index contributed by atoms with van der Waals surface area (Å²) in [6, 6.07) is 11.9. The zero-order valence-corrected chi connectivity index (χ0v) is 13.1. The topological polar surface area (TPSA) is 95.7 Å². The number of nitro benzene ring substituents is 1. The third-order valence-electron chi connectivity index (χ3n) is 2.94. The van der Waals surface area contributed by atoms with Gasteiger partial charge in [0.1, 0.15) is 18.2 Å². The second-order valence-electron chi connectivity index (χ2n) is 4.56. The van der Waals surface area contributed by atoms with Crippen LogP contribution >= 0.6 is 11.6 Å². The van der Waals surface area contributed by atoms with Gasteiger partial charge in [-0.25, -0.2) is 9.59 Å². The summed E-state index contributed by atoms with van der Waals surface area (Å²) in [5, 5.41) is 10.7. The number of nitrogens with zero attached hydrogens (tertiary/aromatic N) is 1. The van der Waals surface area contributed by atoms with Gasteiger partial charge in [-0.2, -0.15) is 0 Å². The Morgan fingerprint density at radius 3 is 2.12 bits per heavy atom. The maximum Gasteiger partial charge on any atom is 0.338 e. The zero-order chi connectivity index (χ0) is 17.5. The summed E-state index contributed by atoms with van der Waals surface area (Å²) in [7, 11) is 0. The molecule has 24 heavy (non-hydrogen) atoms. The van der Waals surface area contributed by atoms with E-state index in [2.05, 4.69) is 0 Å². The molecule has 0 heterocycles. The molecule has 0 spiro atoms. The van der Waals surface area contributed by atoms with Gasteiger partial charge in [0.2, 0.25) is 0 Å². The molecule has 0 saturated heterocycles. The van der Waals surface area contributed by atoms with Crippen molar-refractivity contribution in [3.63, 3.8) is 0 Å². The number of hydrogen-bond donors (Lipinski definition) is 0. The van der Waals surface area contributed by atoms with Gasteiger partial charge >= 0.3 is 11.9 Å². The summed E-state index contributed by atoms with van der Waals surface area (Å²) in [5.74, 6) is -1.31. The molecule has 0 unspecified atom stereocenters. The summed E-state index contributed by atoms with van der Waals surface area (Å²) >= 11 is 5.66. The second kappa shape index (κ2) is 8.07. The Kier molecular flexibility index (Phi) is 5.86. The van der Waals surface area contributed by atoms with Crippen LogP contribution in [-0.4, -0.2) is 30.1 Å². The van der Waals surface area contributed by atoms with Crippen molar-refractivity contribution < 1.29 is 24.0 Å². The van der Waals surface area contributed by atoms with Gasteiger partial charge in [0.05, 0.1) is 16.1 Å². The van der Waals surface area contributed by atoms with E-state index in [0.29, 0.717) is 5.56 Å². The number of ether oxygens (including phenoxy) is 2. The van der Waals surface area contributed by atoms with E-state index in [0.717, 1.165) is 6.07 Å². The number of carbonyl (C=O) groups excluding carboxylic acids is 2. The lowest BCUT2D eigenvalue weighted by Gasteiger charge is -2.07. The van der Waals surface area contributed by atoms with Crippen LogP contribution in [0.4, 0.5) is 5.69 Å². The van der Waals surface area contributed by atoms with E-state index in [9.17, 15) is 19.7 Å². The minimum absolute atomic E-state index is 0.0134. The van der Waals surface area contributed by atoms with Crippen molar-refractivity contribution in [1.82, 2.24) is 0 Å². The van der Waals surface area contributed by atoms with Gasteiger partial charge in [-0.3, -0.25) is 10.1 Å². The highest BCUT2D eigenvalue weighted by Crippen LogP contribution is 2.25. The molecule has 0 bridgehead atoms. The number of benzene rings is 2. The van der Waals surface area contributed by atoms with E-state index in [4.69, 9.17) is 21.1 Å². The molecule has 0 atom stereocenters. The molecule has 0 aliphatic heterocycles. The fourth-order valence-electron chi connectivity index (χ4n) is 1.79. The fourth-order valence-corrected chi connectivity index (χ4v) is 1.98. The van der Waals surface area contributed by atoms with Crippen LogP contribution in [0.2, 0.25) is 5.02 Å². The summed E-state index contributed by atoms with van der Waals surface area (Å²) in [4.78, 5) is 33.6. The van der Waals surface area contributed by atoms with E-state index < -0.39 is 16.9 Å². The van der Waals surface area contributed by atoms with Crippen LogP contribution in [-0.2, 0) is 9.47 Å². The number of halogens is 1. The lowest BCUT2D eigenvalue weighted by atomic mass is 10.2. The molecule has 7 nitrogen and oxygen atoms in total. The lowest BCUT2D eigenvalue weighted by Crippen LogP contribution is -2.14. The third-order valence-corrected chi connectivity index (χ3v) is 3.26. The Morgan fingerprint density at radius 1 is 0.958 bits per heavy atom. The van der Waals surface area contributed by atoms with Gasteiger partial charge in [0, 0.05) is 6.07 Å². The van der Waals surface area contributed by atoms with Crippen molar-refractivity contribution in [2.75, 3.05) is 13.2 Å². The van der Waals surface area contributed by atoms with Gasteiger partial charge in [0.25, 0.3) is 5.69 Å². The van der Waals surface area contributed by atoms with Crippen molar-refractivity contribution in [2.24, 2.45) is 0 Å². The lowest BCUT2D eigenvalue weighted by molar-refractivity contribution is -0.384. The maximum absolute atomic E-state index is 11.8. The van der Waals surface area contributed by atoms with E-state index in [1.165, 1.54) is 12.1 Å². The van der Waals surface area contributed by atoms with E-state index >= 15 is 0 Å². The van der Waals surface area contributed by atoms with Gasteiger partial charge in [-0.05, 0) is 24.3 Å². The van der Waals surface area contributed by atoms with Crippen LogP contribution in [0.5, 0.6) is 0 Å². The zero-order valence-electron chi connectivity index (χ0n) is 12.3. The molecule has 0 aliphatic carbocycles. The van der Waals surface area contributed by atoms with Crippen molar-refractivity contribution in [1.29, 1.82) is 0 Å². The smallest absolute Gasteiger partial charge is 0.338 e. The number of hydrogen-bond acceptors (Lipinski definition) is 6. The van der Waals surface area contributed by atoms with Gasteiger partial charge < -0.3 is 9.47 Å². The molecule has 0 fully saturated rings. The Balaban J connectivity index is 1.84. The number of rotatable bonds is 6. The molecule has 0 radical (unpaired) electrons. The predicted molar refractivity (Wildman–Crippen MR) is 85.1 cm³/mol. The third kappa shape index (κ3) is 4.53. The molecule has 0 amide bonds. The van der Waals surface area contributed by atoms with Crippen LogP contribution in [0.3, 0.4) is 0 Å². The molecule has 0 aliphatic rings. The van der Waals surface area contributed by atoms with E-state index in [1.807, 2.05) is 0 Å². The van der Waals surface area contributed by atoms with Crippen LogP contribution in [0, 0.1) is 10.1 Å². The first-order valence-corrected chi connectivity index (χ1v) is 7.20. The van der Waals surface area contributed by atoms with Crippen molar-refractivity contribution >= 4 is 29.2 Å². The Morgan fingerprint density at radius 2 is 1.54 bits per heavy atom. The predicted octanol–water partition coefficient (Wildman–Crippen LogP) is 3.26. The number of esters is 2. The average molecular weight is 350 g/mol. The minimum atomic E-state index is -0.773. The first-order valence-electron chi connectivity index (χ1n) is 6.82. The molecule has 2 rings (SSSR count).